The summed E-state index contributed by atoms with van der Waals surface area (Å²) in [6.45, 7) is 12.0. The van der Waals surface area contributed by atoms with Crippen molar-refractivity contribution in [3.05, 3.63) is 80.7 Å². The highest BCUT2D eigenvalue weighted by Crippen LogP contribution is 2.25. The number of carbonyl (C=O) groups excluding carboxylic acids is 2. The Morgan fingerprint density at radius 2 is 1.82 bits per heavy atom. The third-order valence-corrected chi connectivity index (χ3v) is 6.87. The minimum Gasteiger partial charge on any atom is -0.342 e. The lowest BCUT2D eigenvalue weighted by molar-refractivity contribution is -0.113. The Morgan fingerprint density at radius 3 is 2.47 bits per heavy atom. The van der Waals surface area contributed by atoms with Gasteiger partial charge in [-0.05, 0) is 85.2 Å². The number of hydrogen-bond donors (Lipinski definition) is 2. The van der Waals surface area contributed by atoms with Crippen LogP contribution in [-0.2, 0) is 11.3 Å². The third-order valence-electron chi connectivity index (χ3n) is 5.28. The van der Waals surface area contributed by atoms with Crippen molar-refractivity contribution in [2.24, 2.45) is 0 Å². The smallest absolute Gasteiger partial charge is 0.252 e. The molecular weight excluding hydrogens is 561 g/mol. The maximum absolute atomic E-state index is 12.7. The van der Waals surface area contributed by atoms with Gasteiger partial charge in [0.2, 0.25) is 5.91 Å². The largest absolute Gasteiger partial charge is 0.342 e. The van der Waals surface area contributed by atoms with E-state index in [1.165, 1.54) is 11.8 Å². The Bertz CT molecular complexity index is 1200. The molecule has 9 heteroatoms. The number of nitrogens with zero attached hydrogens (tertiary/aromatic N) is 3. The highest BCUT2D eigenvalue weighted by Gasteiger charge is 2.21. The first kappa shape index (κ1) is 26.0. The van der Waals surface area contributed by atoms with E-state index < -0.39 is 0 Å². The van der Waals surface area contributed by atoms with Gasteiger partial charge in [0.15, 0.2) is 11.0 Å². The van der Waals surface area contributed by atoms with Gasteiger partial charge in [-0.25, -0.2) is 0 Å². The number of nitrogens with one attached hydrogen (secondary N) is 2. The number of aryl methyl sites for hydroxylation is 3. The van der Waals surface area contributed by atoms with E-state index in [1.807, 2.05) is 62.6 Å². The molecule has 1 heterocycles. The van der Waals surface area contributed by atoms with Gasteiger partial charge >= 0.3 is 0 Å². The fourth-order valence-electron chi connectivity index (χ4n) is 3.61. The second-order valence-electron chi connectivity index (χ2n) is 8.00. The van der Waals surface area contributed by atoms with Gasteiger partial charge in [-0.1, -0.05) is 36.0 Å². The Labute approximate surface area is 218 Å². The van der Waals surface area contributed by atoms with Crippen LogP contribution in [0.5, 0.6) is 0 Å². The predicted molar refractivity (Wildman–Crippen MR) is 145 cm³/mol. The summed E-state index contributed by atoms with van der Waals surface area (Å²) in [6.07, 6.45) is 1.74. The van der Waals surface area contributed by atoms with Gasteiger partial charge < -0.3 is 15.2 Å². The van der Waals surface area contributed by atoms with Crippen LogP contribution in [0.25, 0.3) is 0 Å². The van der Waals surface area contributed by atoms with Gasteiger partial charge in [-0.15, -0.1) is 16.8 Å². The van der Waals surface area contributed by atoms with Crippen LogP contribution in [0.2, 0.25) is 0 Å². The van der Waals surface area contributed by atoms with E-state index in [0.717, 1.165) is 25.9 Å². The van der Waals surface area contributed by atoms with Crippen LogP contribution in [0.4, 0.5) is 5.69 Å². The van der Waals surface area contributed by atoms with Crippen LogP contribution < -0.4 is 10.6 Å². The fourth-order valence-corrected chi connectivity index (χ4v) is 5.30. The molecule has 1 atom stereocenters. The van der Waals surface area contributed by atoms with Crippen LogP contribution in [0.3, 0.4) is 0 Å². The van der Waals surface area contributed by atoms with Crippen molar-refractivity contribution in [3.8, 4) is 0 Å². The zero-order valence-electron chi connectivity index (χ0n) is 19.7. The molecule has 34 heavy (non-hydrogen) atoms. The molecule has 0 saturated carbocycles. The summed E-state index contributed by atoms with van der Waals surface area (Å²) in [5.41, 5.74) is 4.42. The van der Waals surface area contributed by atoms with E-state index in [9.17, 15) is 9.59 Å². The first-order chi connectivity index (χ1) is 16.2. The Kier molecular flexibility index (Phi) is 8.90. The quantitative estimate of drug-likeness (QED) is 0.203. The van der Waals surface area contributed by atoms with E-state index in [0.29, 0.717) is 23.1 Å². The number of anilines is 1. The summed E-state index contributed by atoms with van der Waals surface area (Å²) in [7, 11) is 0. The maximum atomic E-state index is 12.7. The number of benzene rings is 2. The molecule has 3 aromatic rings. The molecule has 0 aliphatic rings. The van der Waals surface area contributed by atoms with Crippen LogP contribution in [0, 0.1) is 24.3 Å². The molecule has 0 spiro atoms. The van der Waals surface area contributed by atoms with E-state index >= 15 is 0 Å². The summed E-state index contributed by atoms with van der Waals surface area (Å²) in [6, 6.07) is 11.1. The first-order valence-electron chi connectivity index (χ1n) is 10.8. The van der Waals surface area contributed by atoms with Crippen molar-refractivity contribution in [1.82, 2.24) is 20.1 Å². The zero-order valence-corrected chi connectivity index (χ0v) is 22.7. The second kappa shape index (κ2) is 11.7. The third kappa shape index (κ3) is 6.26. The van der Waals surface area contributed by atoms with Gasteiger partial charge in [-0.2, -0.15) is 0 Å². The number of halogens is 1. The van der Waals surface area contributed by atoms with E-state index in [2.05, 4.69) is 50.0 Å². The molecule has 0 saturated heterocycles. The standard InChI is InChI=1S/C25H28IN5O2S/c1-6-11-31-23(18(5)27-24(33)20-10-8-7-9-15(20)2)29-30-25(31)34-14-21(32)28-22-16(3)12-19(26)13-17(22)4/h6-10,12-13,18H,1,11,14H2,2-5H3,(H,27,33)(H,28,32)/t18-/m0/s1. The van der Waals surface area contributed by atoms with Crippen molar-refractivity contribution in [1.29, 1.82) is 0 Å². The maximum Gasteiger partial charge on any atom is 0.252 e. The lowest BCUT2D eigenvalue weighted by Crippen LogP contribution is -2.29. The van der Waals surface area contributed by atoms with Gasteiger partial charge in [0, 0.05) is 21.4 Å². The molecule has 178 valence electrons. The van der Waals surface area contributed by atoms with Crippen LogP contribution in [0.1, 0.15) is 45.8 Å². The lowest BCUT2D eigenvalue weighted by Gasteiger charge is -2.16. The van der Waals surface area contributed by atoms with Gasteiger partial charge in [0.25, 0.3) is 5.91 Å². The molecular formula is C25H28IN5O2S. The number of carbonyl (C=O) groups is 2. The molecule has 7 nitrogen and oxygen atoms in total. The summed E-state index contributed by atoms with van der Waals surface area (Å²) < 4.78 is 3.00. The number of allylic oxidation sites excluding steroid dienone is 1. The summed E-state index contributed by atoms with van der Waals surface area (Å²) in [5.74, 6) is 0.502. The lowest BCUT2D eigenvalue weighted by atomic mass is 10.1. The highest BCUT2D eigenvalue weighted by atomic mass is 127. The fraction of sp³-hybridized carbons (Fsp3) is 0.280. The van der Waals surface area contributed by atoms with Crippen LogP contribution in [0.15, 0.2) is 54.2 Å². The number of rotatable bonds is 9. The summed E-state index contributed by atoms with van der Waals surface area (Å²) in [5, 5.41) is 15.2. The van der Waals surface area contributed by atoms with Crippen LogP contribution >= 0.6 is 34.4 Å². The second-order valence-corrected chi connectivity index (χ2v) is 10.2. The molecule has 2 N–H and O–H groups in total. The van der Waals surface area contributed by atoms with Crippen molar-refractivity contribution in [3.63, 3.8) is 0 Å². The minimum absolute atomic E-state index is 0.118. The number of amides is 2. The van der Waals surface area contributed by atoms with Crippen molar-refractivity contribution in [2.45, 2.75) is 45.4 Å². The van der Waals surface area contributed by atoms with E-state index in [-0.39, 0.29) is 23.6 Å². The molecule has 0 aliphatic heterocycles. The van der Waals surface area contributed by atoms with Crippen molar-refractivity contribution < 1.29 is 9.59 Å². The predicted octanol–water partition coefficient (Wildman–Crippen LogP) is 5.22. The Hall–Kier alpha value is -2.66. The summed E-state index contributed by atoms with van der Waals surface area (Å²) in [4.78, 5) is 25.4. The first-order valence-corrected chi connectivity index (χ1v) is 12.9. The monoisotopic (exact) mass is 589 g/mol. The average Bonchev–Trinajstić information content (AvgIpc) is 3.18. The van der Waals surface area contributed by atoms with Gasteiger partial charge in [0.1, 0.15) is 0 Å². The molecule has 0 fully saturated rings. The van der Waals surface area contributed by atoms with E-state index in [1.54, 1.807) is 12.1 Å². The molecule has 2 aromatic carbocycles. The van der Waals surface area contributed by atoms with E-state index in [4.69, 9.17) is 0 Å². The topological polar surface area (TPSA) is 88.9 Å². The van der Waals surface area contributed by atoms with Crippen molar-refractivity contribution >= 4 is 51.9 Å². The average molecular weight is 590 g/mol. The molecule has 3 rings (SSSR count). The molecule has 2 amide bonds. The Morgan fingerprint density at radius 1 is 1.15 bits per heavy atom. The zero-order chi connectivity index (χ0) is 24.8. The van der Waals surface area contributed by atoms with Gasteiger partial charge in [0.05, 0.1) is 11.8 Å². The number of hydrogen-bond acceptors (Lipinski definition) is 5. The minimum atomic E-state index is -0.375. The summed E-state index contributed by atoms with van der Waals surface area (Å²) >= 11 is 3.57. The normalized spacial score (nSPS) is 11.7. The molecule has 0 unspecified atom stereocenters. The number of aromatic nitrogens is 3. The van der Waals surface area contributed by atoms with Gasteiger partial charge in [-0.3, -0.25) is 9.59 Å². The molecule has 0 aliphatic carbocycles. The molecule has 0 bridgehead atoms. The number of thioether (sulfide) groups is 1. The SMILES string of the molecule is C=CCn1c(SCC(=O)Nc2c(C)cc(I)cc2C)nnc1[C@H](C)NC(=O)c1ccccc1C. The van der Waals surface area contributed by atoms with Crippen molar-refractivity contribution in [2.75, 3.05) is 11.1 Å². The Balaban J connectivity index is 1.70. The van der Waals surface area contributed by atoms with Crippen LogP contribution in [-0.4, -0.2) is 32.3 Å². The molecule has 1 aromatic heterocycles. The highest BCUT2D eigenvalue weighted by molar-refractivity contribution is 14.1. The molecule has 0 radical (unpaired) electrons.